The maximum atomic E-state index is 5.92. The standard InChI is InChI=1S/C17H28N4/c1-4-13(2)20-17(18)19-11-14(3)21-10-9-15-7-5-6-8-16(15)12-21/h5-8,13-14H,4,9-12H2,1-3H3,(H3,18,19,20). The van der Waals surface area contributed by atoms with E-state index in [4.69, 9.17) is 5.73 Å². The Balaban J connectivity index is 1.87. The molecule has 0 bridgehead atoms. The van der Waals surface area contributed by atoms with Gasteiger partial charge >= 0.3 is 0 Å². The monoisotopic (exact) mass is 288 g/mol. The molecule has 0 radical (unpaired) electrons. The van der Waals surface area contributed by atoms with Gasteiger partial charge in [0.1, 0.15) is 0 Å². The lowest BCUT2D eigenvalue weighted by Gasteiger charge is -2.33. The van der Waals surface area contributed by atoms with Gasteiger partial charge in [0, 0.05) is 25.2 Å². The fraction of sp³-hybridized carbons (Fsp3) is 0.588. The van der Waals surface area contributed by atoms with Crippen molar-refractivity contribution >= 4 is 5.96 Å². The number of benzene rings is 1. The van der Waals surface area contributed by atoms with Crippen LogP contribution in [-0.4, -0.2) is 36.0 Å². The summed E-state index contributed by atoms with van der Waals surface area (Å²) >= 11 is 0. The molecule has 4 nitrogen and oxygen atoms in total. The smallest absolute Gasteiger partial charge is 0.188 e. The Hall–Kier alpha value is -1.55. The molecule has 2 unspecified atom stereocenters. The Bertz CT molecular complexity index is 483. The van der Waals surface area contributed by atoms with Gasteiger partial charge in [-0.3, -0.25) is 9.89 Å². The van der Waals surface area contributed by atoms with Gasteiger partial charge in [-0.1, -0.05) is 31.2 Å². The summed E-state index contributed by atoms with van der Waals surface area (Å²) < 4.78 is 0. The average Bonchev–Trinajstić information content (AvgIpc) is 2.51. The van der Waals surface area contributed by atoms with Crippen LogP contribution in [-0.2, 0) is 13.0 Å². The molecule has 1 heterocycles. The Labute approximate surface area is 128 Å². The molecule has 1 aromatic carbocycles. The molecule has 2 rings (SSSR count). The first-order valence-electron chi connectivity index (χ1n) is 7.97. The van der Waals surface area contributed by atoms with E-state index in [0.29, 0.717) is 18.0 Å². The fourth-order valence-corrected chi connectivity index (χ4v) is 2.64. The van der Waals surface area contributed by atoms with Crippen LogP contribution in [0.5, 0.6) is 0 Å². The molecular weight excluding hydrogens is 260 g/mol. The van der Waals surface area contributed by atoms with Gasteiger partial charge in [0.05, 0.1) is 6.54 Å². The Morgan fingerprint density at radius 3 is 2.76 bits per heavy atom. The van der Waals surface area contributed by atoms with E-state index in [1.54, 1.807) is 0 Å². The van der Waals surface area contributed by atoms with Gasteiger partial charge in [0.15, 0.2) is 5.96 Å². The number of aliphatic imine (C=N–C) groups is 1. The summed E-state index contributed by atoms with van der Waals surface area (Å²) in [6.45, 7) is 9.36. The Morgan fingerprint density at radius 2 is 2.05 bits per heavy atom. The van der Waals surface area contributed by atoms with Crippen molar-refractivity contribution in [1.29, 1.82) is 0 Å². The number of rotatable bonds is 5. The number of hydrogen-bond donors (Lipinski definition) is 2. The van der Waals surface area contributed by atoms with E-state index in [9.17, 15) is 0 Å². The highest BCUT2D eigenvalue weighted by Crippen LogP contribution is 2.20. The Kier molecular flexibility index (Phi) is 5.62. The molecule has 1 aromatic rings. The second kappa shape index (κ2) is 7.46. The third kappa shape index (κ3) is 4.46. The SMILES string of the molecule is CCC(C)NC(N)=NCC(C)N1CCc2ccccc2C1. The molecule has 1 aliphatic heterocycles. The van der Waals surface area contributed by atoms with Crippen LogP contribution in [0.4, 0.5) is 0 Å². The zero-order chi connectivity index (χ0) is 15.2. The van der Waals surface area contributed by atoms with Crippen LogP contribution in [0.25, 0.3) is 0 Å². The number of nitrogens with two attached hydrogens (primary N) is 1. The number of hydrogen-bond acceptors (Lipinski definition) is 2. The zero-order valence-electron chi connectivity index (χ0n) is 13.5. The van der Waals surface area contributed by atoms with Crippen molar-refractivity contribution in [3.63, 3.8) is 0 Å². The van der Waals surface area contributed by atoms with Crippen molar-refractivity contribution in [1.82, 2.24) is 10.2 Å². The maximum Gasteiger partial charge on any atom is 0.188 e. The van der Waals surface area contributed by atoms with Crippen LogP contribution in [0.3, 0.4) is 0 Å². The van der Waals surface area contributed by atoms with E-state index in [2.05, 4.69) is 60.2 Å². The third-order valence-corrected chi connectivity index (χ3v) is 4.32. The molecule has 2 atom stereocenters. The minimum atomic E-state index is 0.380. The molecule has 3 N–H and O–H groups in total. The molecule has 0 aromatic heterocycles. The van der Waals surface area contributed by atoms with Crippen LogP contribution in [0, 0.1) is 0 Å². The van der Waals surface area contributed by atoms with Gasteiger partial charge in [-0.15, -0.1) is 0 Å². The lowest BCUT2D eigenvalue weighted by atomic mass is 9.99. The maximum absolute atomic E-state index is 5.92. The van der Waals surface area contributed by atoms with Gasteiger partial charge in [-0.05, 0) is 37.8 Å². The quantitative estimate of drug-likeness (QED) is 0.645. The molecule has 0 fully saturated rings. The van der Waals surface area contributed by atoms with Crippen molar-refractivity contribution in [2.75, 3.05) is 13.1 Å². The summed E-state index contributed by atoms with van der Waals surface area (Å²) in [6.07, 6.45) is 2.18. The summed E-state index contributed by atoms with van der Waals surface area (Å²) in [7, 11) is 0. The van der Waals surface area contributed by atoms with Gasteiger partial charge in [0.2, 0.25) is 0 Å². The highest BCUT2D eigenvalue weighted by Gasteiger charge is 2.20. The zero-order valence-corrected chi connectivity index (χ0v) is 13.5. The third-order valence-electron chi connectivity index (χ3n) is 4.32. The highest BCUT2D eigenvalue weighted by atomic mass is 15.2. The van der Waals surface area contributed by atoms with Crippen LogP contribution >= 0.6 is 0 Å². The van der Waals surface area contributed by atoms with E-state index in [-0.39, 0.29) is 0 Å². The van der Waals surface area contributed by atoms with Crippen LogP contribution < -0.4 is 11.1 Å². The van der Waals surface area contributed by atoms with Crippen LogP contribution in [0.1, 0.15) is 38.3 Å². The molecule has 4 heteroatoms. The van der Waals surface area contributed by atoms with Gasteiger partial charge < -0.3 is 11.1 Å². The van der Waals surface area contributed by atoms with Crippen molar-refractivity contribution < 1.29 is 0 Å². The van der Waals surface area contributed by atoms with E-state index in [1.807, 2.05) is 0 Å². The number of nitrogens with one attached hydrogen (secondary N) is 1. The lowest BCUT2D eigenvalue weighted by molar-refractivity contribution is 0.195. The van der Waals surface area contributed by atoms with E-state index in [0.717, 1.165) is 32.5 Å². The number of fused-ring (bicyclic) bond motifs is 1. The molecular formula is C17H28N4. The molecule has 0 spiro atoms. The number of nitrogens with zero attached hydrogens (tertiary/aromatic N) is 2. The van der Waals surface area contributed by atoms with Crippen LogP contribution in [0.2, 0.25) is 0 Å². The predicted octanol–water partition coefficient (Wildman–Crippen LogP) is 2.14. The minimum Gasteiger partial charge on any atom is -0.370 e. The first kappa shape index (κ1) is 15.8. The first-order valence-corrected chi connectivity index (χ1v) is 7.97. The van der Waals surface area contributed by atoms with Crippen molar-refractivity contribution in [3.05, 3.63) is 35.4 Å². The second-order valence-electron chi connectivity index (χ2n) is 6.02. The molecule has 116 valence electrons. The molecule has 0 amide bonds. The normalized spacial score (nSPS) is 18.9. The second-order valence-corrected chi connectivity index (χ2v) is 6.02. The molecule has 0 saturated heterocycles. The molecule has 1 aliphatic rings. The van der Waals surface area contributed by atoms with Gasteiger partial charge in [0.25, 0.3) is 0 Å². The van der Waals surface area contributed by atoms with Crippen molar-refractivity contribution in [2.24, 2.45) is 10.7 Å². The summed E-state index contributed by atoms with van der Waals surface area (Å²) in [5.74, 6) is 0.564. The predicted molar refractivity (Wildman–Crippen MR) is 89.4 cm³/mol. The van der Waals surface area contributed by atoms with E-state index in [1.165, 1.54) is 11.1 Å². The van der Waals surface area contributed by atoms with Crippen LogP contribution in [0.15, 0.2) is 29.3 Å². The number of guanidine groups is 1. The molecule has 21 heavy (non-hydrogen) atoms. The lowest BCUT2D eigenvalue weighted by Crippen LogP contribution is -2.41. The molecule has 0 aliphatic carbocycles. The average molecular weight is 288 g/mol. The van der Waals surface area contributed by atoms with Gasteiger partial charge in [-0.25, -0.2) is 0 Å². The summed E-state index contributed by atoms with van der Waals surface area (Å²) in [6, 6.07) is 9.52. The largest absolute Gasteiger partial charge is 0.370 e. The highest BCUT2D eigenvalue weighted by molar-refractivity contribution is 5.78. The van der Waals surface area contributed by atoms with E-state index >= 15 is 0 Å². The summed E-state index contributed by atoms with van der Waals surface area (Å²) in [5.41, 5.74) is 8.86. The topological polar surface area (TPSA) is 53.6 Å². The minimum absolute atomic E-state index is 0.380. The van der Waals surface area contributed by atoms with Gasteiger partial charge in [-0.2, -0.15) is 0 Å². The summed E-state index contributed by atoms with van der Waals surface area (Å²) in [5, 5.41) is 3.21. The van der Waals surface area contributed by atoms with Crippen molar-refractivity contribution in [3.8, 4) is 0 Å². The fourth-order valence-electron chi connectivity index (χ4n) is 2.64. The van der Waals surface area contributed by atoms with Crippen molar-refractivity contribution in [2.45, 2.75) is 52.2 Å². The Morgan fingerprint density at radius 1 is 1.33 bits per heavy atom. The molecule has 0 saturated carbocycles. The summed E-state index contributed by atoms with van der Waals surface area (Å²) in [4.78, 5) is 6.97. The first-order chi connectivity index (χ1) is 10.1. The van der Waals surface area contributed by atoms with E-state index < -0.39 is 0 Å².